The molecule has 0 radical (unpaired) electrons. The Morgan fingerprint density at radius 3 is 2.65 bits per heavy atom. The van der Waals surface area contributed by atoms with Crippen LogP contribution in [-0.2, 0) is 9.84 Å². The molecule has 0 aliphatic carbocycles. The molecule has 0 amide bonds. The SMILES string of the molecule is CCCNC(c1ccc(Br)c(Br)c1)C1CCS(=O)(=O)C1. The van der Waals surface area contributed by atoms with Gasteiger partial charge in [-0.2, -0.15) is 0 Å². The van der Waals surface area contributed by atoms with E-state index in [0.29, 0.717) is 11.5 Å². The second-order valence-corrected chi connectivity index (χ2v) is 9.21. The van der Waals surface area contributed by atoms with Gasteiger partial charge >= 0.3 is 0 Å². The summed E-state index contributed by atoms with van der Waals surface area (Å²) in [6, 6.07) is 6.25. The molecule has 3 nitrogen and oxygen atoms in total. The summed E-state index contributed by atoms with van der Waals surface area (Å²) < 4.78 is 25.5. The summed E-state index contributed by atoms with van der Waals surface area (Å²) in [5.41, 5.74) is 1.15. The van der Waals surface area contributed by atoms with Crippen LogP contribution in [0.2, 0.25) is 0 Å². The number of halogens is 2. The van der Waals surface area contributed by atoms with Gasteiger partial charge in [-0.3, -0.25) is 0 Å². The molecular formula is C14H19Br2NO2S. The summed E-state index contributed by atoms with van der Waals surface area (Å²) in [7, 11) is -2.85. The molecular weight excluding hydrogens is 406 g/mol. The molecule has 0 spiro atoms. The molecule has 0 aromatic heterocycles. The van der Waals surface area contributed by atoms with Gasteiger partial charge in [0.15, 0.2) is 9.84 Å². The second kappa shape index (κ2) is 6.90. The number of rotatable bonds is 5. The smallest absolute Gasteiger partial charge is 0.150 e. The van der Waals surface area contributed by atoms with Gasteiger partial charge in [0.05, 0.1) is 11.5 Å². The molecule has 1 heterocycles. The van der Waals surface area contributed by atoms with Gasteiger partial charge < -0.3 is 5.32 Å². The Balaban J connectivity index is 2.25. The molecule has 20 heavy (non-hydrogen) atoms. The predicted octanol–water partition coefficient (Wildman–Crippen LogP) is 3.69. The van der Waals surface area contributed by atoms with Crippen LogP contribution in [0.3, 0.4) is 0 Å². The van der Waals surface area contributed by atoms with Crippen molar-refractivity contribution in [3.8, 4) is 0 Å². The molecule has 112 valence electrons. The highest BCUT2D eigenvalue weighted by Crippen LogP contribution is 2.34. The zero-order valence-electron chi connectivity index (χ0n) is 11.4. The minimum Gasteiger partial charge on any atom is -0.310 e. The van der Waals surface area contributed by atoms with E-state index < -0.39 is 9.84 Å². The third kappa shape index (κ3) is 4.06. The first kappa shape index (κ1) is 16.5. The Kier molecular flexibility index (Phi) is 5.68. The monoisotopic (exact) mass is 423 g/mol. The van der Waals surface area contributed by atoms with Gasteiger partial charge in [0, 0.05) is 15.0 Å². The number of benzene rings is 1. The van der Waals surface area contributed by atoms with Crippen molar-refractivity contribution in [1.82, 2.24) is 5.32 Å². The fraction of sp³-hybridized carbons (Fsp3) is 0.571. The Hall–Kier alpha value is 0.0900. The van der Waals surface area contributed by atoms with E-state index in [4.69, 9.17) is 0 Å². The highest BCUT2D eigenvalue weighted by atomic mass is 79.9. The molecule has 1 aromatic carbocycles. The van der Waals surface area contributed by atoms with Crippen molar-refractivity contribution in [2.75, 3.05) is 18.1 Å². The molecule has 1 aliphatic heterocycles. The van der Waals surface area contributed by atoms with Crippen molar-refractivity contribution in [2.24, 2.45) is 5.92 Å². The summed E-state index contributed by atoms with van der Waals surface area (Å²) >= 11 is 6.99. The highest BCUT2D eigenvalue weighted by Gasteiger charge is 2.34. The predicted molar refractivity (Wildman–Crippen MR) is 89.6 cm³/mol. The molecule has 1 saturated heterocycles. The van der Waals surface area contributed by atoms with Crippen molar-refractivity contribution in [2.45, 2.75) is 25.8 Å². The lowest BCUT2D eigenvalue weighted by Gasteiger charge is -2.25. The average Bonchev–Trinajstić information content (AvgIpc) is 2.74. The molecule has 1 aromatic rings. The van der Waals surface area contributed by atoms with E-state index in [1.807, 2.05) is 6.07 Å². The normalized spacial score (nSPS) is 22.9. The van der Waals surface area contributed by atoms with Crippen LogP contribution in [0.5, 0.6) is 0 Å². The lowest BCUT2D eigenvalue weighted by Crippen LogP contribution is -2.29. The average molecular weight is 425 g/mol. The van der Waals surface area contributed by atoms with Gasteiger partial charge in [-0.05, 0) is 74.9 Å². The van der Waals surface area contributed by atoms with Crippen molar-refractivity contribution in [3.63, 3.8) is 0 Å². The van der Waals surface area contributed by atoms with E-state index in [0.717, 1.165) is 33.9 Å². The standard InChI is InChI=1S/C14H19Br2NO2S/c1-2-6-17-14(11-5-7-20(18,19)9-11)10-3-4-12(15)13(16)8-10/h3-4,8,11,14,17H,2,5-7,9H2,1H3. The van der Waals surface area contributed by atoms with Crippen LogP contribution in [0, 0.1) is 5.92 Å². The van der Waals surface area contributed by atoms with Crippen molar-refractivity contribution < 1.29 is 8.42 Å². The summed E-state index contributed by atoms with van der Waals surface area (Å²) in [6.07, 6.45) is 1.78. The molecule has 1 aliphatic rings. The van der Waals surface area contributed by atoms with Gasteiger partial charge in [-0.15, -0.1) is 0 Å². The maximum atomic E-state index is 11.7. The molecule has 2 unspecified atom stereocenters. The minimum atomic E-state index is -2.85. The minimum absolute atomic E-state index is 0.108. The number of hydrogen-bond acceptors (Lipinski definition) is 3. The molecule has 0 bridgehead atoms. The van der Waals surface area contributed by atoms with E-state index in [1.54, 1.807) is 0 Å². The van der Waals surface area contributed by atoms with Crippen LogP contribution < -0.4 is 5.32 Å². The van der Waals surface area contributed by atoms with Gasteiger partial charge in [0.25, 0.3) is 0 Å². The summed E-state index contributed by atoms with van der Waals surface area (Å²) in [5.74, 6) is 0.779. The molecule has 2 rings (SSSR count). The van der Waals surface area contributed by atoms with Crippen LogP contribution in [0.1, 0.15) is 31.4 Å². The van der Waals surface area contributed by atoms with Crippen LogP contribution in [0.4, 0.5) is 0 Å². The number of sulfone groups is 1. The summed E-state index contributed by atoms with van der Waals surface area (Å²) in [4.78, 5) is 0. The quantitative estimate of drug-likeness (QED) is 0.783. The lowest BCUT2D eigenvalue weighted by atomic mass is 9.92. The Labute approximate surface area is 137 Å². The molecule has 1 fully saturated rings. The van der Waals surface area contributed by atoms with E-state index in [2.05, 4.69) is 56.2 Å². The zero-order valence-corrected chi connectivity index (χ0v) is 15.4. The van der Waals surface area contributed by atoms with Gasteiger partial charge in [0.1, 0.15) is 0 Å². The van der Waals surface area contributed by atoms with E-state index in [1.165, 1.54) is 0 Å². The molecule has 6 heteroatoms. The van der Waals surface area contributed by atoms with Crippen LogP contribution >= 0.6 is 31.9 Å². The Bertz CT molecular complexity index is 575. The second-order valence-electron chi connectivity index (χ2n) is 5.27. The first-order valence-electron chi connectivity index (χ1n) is 6.81. The lowest BCUT2D eigenvalue weighted by molar-refractivity contribution is 0.392. The topological polar surface area (TPSA) is 46.2 Å². The van der Waals surface area contributed by atoms with Crippen LogP contribution in [-0.4, -0.2) is 26.5 Å². The van der Waals surface area contributed by atoms with E-state index >= 15 is 0 Å². The fourth-order valence-corrected chi connectivity index (χ4v) is 5.13. The van der Waals surface area contributed by atoms with Crippen LogP contribution in [0.15, 0.2) is 27.1 Å². The third-order valence-electron chi connectivity index (χ3n) is 3.66. The van der Waals surface area contributed by atoms with Gasteiger partial charge in [0.2, 0.25) is 0 Å². The van der Waals surface area contributed by atoms with Crippen molar-refractivity contribution in [3.05, 3.63) is 32.7 Å². The summed E-state index contributed by atoms with van der Waals surface area (Å²) in [6.45, 7) is 3.02. The maximum absolute atomic E-state index is 11.7. The number of hydrogen-bond donors (Lipinski definition) is 1. The largest absolute Gasteiger partial charge is 0.310 e. The van der Waals surface area contributed by atoms with Crippen molar-refractivity contribution in [1.29, 1.82) is 0 Å². The van der Waals surface area contributed by atoms with Gasteiger partial charge in [-0.25, -0.2) is 8.42 Å². The van der Waals surface area contributed by atoms with E-state index in [9.17, 15) is 8.42 Å². The fourth-order valence-electron chi connectivity index (χ4n) is 2.65. The number of nitrogens with one attached hydrogen (secondary N) is 1. The van der Waals surface area contributed by atoms with Gasteiger partial charge in [-0.1, -0.05) is 13.0 Å². The first-order valence-corrected chi connectivity index (χ1v) is 10.2. The van der Waals surface area contributed by atoms with Crippen molar-refractivity contribution >= 4 is 41.7 Å². The summed E-state index contributed by atoms with van der Waals surface area (Å²) in [5, 5.41) is 3.51. The molecule has 2 atom stereocenters. The first-order chi connectivity index (χ1) is 9.43. The highest BCUT2D eigenvalue weighted by molar-refractivity contribution is 9.13. The van der Waals surface area contributed by atoms with E-state index in [-0.39, 0.29) is 12.0 Å². The third-order valence-corrected chi connectivity index (χ3v) is 7.33. The van der Waals surface area contributed by atoms with Crippen LogP contribution in [0.25, 0.3) is 0 Å². The Morgan fingerprint density at radius 2 is 2.10 bits per heavy atom. The zero-order chi connectivity index (χ0) is 14.8. The molecule has 0 saturated carbocycles. The maximum Gasteiger partial charge on any atom is 0.150 e. The molecule has 1 N–H and O–H groups in total. The Morgan fingerprint density at radius 1 is 1.35 bits per heavy atom.